The number of hydrogen-bond donors (Lipinski definition) is 1. The van der Waals surface area contributed by atoms with Gasteiger partial charge >= 0.3 is 6.61 Å². The standard InChI is InChI=1S/C16H22F2N2O5S/c1-3-26(22,23)20-8-6-11(7-9-20)15(21)19-12-4-5-13(24-2)14(10-12)25-16(17)18/h4-5,10-11,16H,3,6-9H2,1-2H3,(H,19,21). The molecule has 10 heteroatoms. The molecule has 26 heavy (non-hydrogen) atoms. The third-order valence-electron chi connectivity index (χ3n) is 4.23. The van der Waals surface area contributed by atoms with E-state index in [0.29, 0.717) is 18.5 Å². The third-order valence-corrected chi connectivity index (χ3v) is 6.11. The summed E-state index contributed by atoms with van der Waals surface area (Å²) >= 11 is 0. The van der Waals surface area contributed by atoms with Gasteiger partial charge in [-0.1, -0.05) is 0 Å². The number of sulfonamides is 1. The highest BCUT2D eigenvalue weighted by molar-refractivity contribution is 7.89. The molecule has 146 valence electrons. The quantitative estimate of drug-likeness (QED) is 0.770. The molecule has 0 unspecified atom stereocenters. The Morgan fingerprint density at radius 1 is 1.31 bits per heavy atom. The molecule has 0 aromatic heterocycles. The van der Waals surface area contributed by atoms with Gasteiger partial charge in [0.05, 0.1) is 12.9 Å². The minimum absolute atomic E-state index is 0.0304. The van der Waals surface area contributed by atoms with Gasteiger partial charge in [-0.25, -0.2) is 12.7 Å². The summed E-state index contributed by atoms with van der Waals surface area (Å²) in [5.41, 5.74) is 0.301. The molecule has 0 radical (unpaired) electrons. The number of carbonyl (C=O) groups excluding carboxylic acids is 1. The first-order valence-electron chi connectivity index (χ1n) is 8.18. The van der Waals surface area contributed by atoms with Crippen LogP contribution in [0.4, 0.5) is 14.5 Å². The molecule has 2 rings (SSSR count). The third kappa shape index (κ3) is 5.04. The highest BCUT2D eigenvalue weighted by Crippen LogP contribution is 2.32. The maximum absolute atomic E-state index is 12.5. The number of nitrogens with one attached hydrogen (secondary N) is 1. The second-order valence-corrected chi connectivity index (χ2v) is 8.06. The van der Waals surface area contributed by atoms with Crippen molar-refractivity contribution in [2.24, 2.45) is 5.92 Å². The summed E-state index contributed by atoms with van der Waals surface area (Å²) in [6, 6.07) is 4.20. The van der Waals surface area contributed by atoms with Gasteiger partial charge in [0.2, 0.25) is 15.9 Å². The molecule has 1 aliphatic heterocycles. The van der Waals surface area contributed by atoms with Crippen LogP contribution in [-0.2, 0) is 14.8 Å². The van der Waals surface area contributed by atoms with E-state index >= 15 is 0 Å². The van der Waals surface area contributed by atoms with Gasteiger partial charge in [0.1, 0.15) is 0 Å². The number of ether oxygens (including phenoxy) is 2. The topological polar surface area (TPSA) is 84.9 Å². The summed E-state index contributed by atoms with van der Waals surface area (Å²) in [6.07, 6.45) is 0.809. The average molecular weight is 392 g/mol. The van der Waals surface area contributed by atoms with E-state index in [0.717, 1.165) is 0 Å². The Morgan fingerprint density at radius 3 is 2.50 bits per heavy atom. The van der Waals surface area contributed by atoms with Gasteiger partial charge in [-0.05, 0) is 31.9 Å². The molecule has 1 amide bonds. The smallest absolute Gasteiger partial charge is 0.387 e. The van der Waals surface area contributed by atoms with Gasteiger partial charge in [0.25, 0.3) is 0 Å². The number of nitrogens with zero attached hydrogens (tertiary/aromatic N) is 1. The fourth-order valence-electron chi connectivity index (χ4n) is 2.77. The summed E-state index contributed by atoms with van der Waals surface area (Å²) in [7, 11) is -1.93. The highest BCUT2D eigenvalue weighted by atomic mass is 32.2. The molecule has 1 N–H and O–H groups in total. The molecule has 1 aliphatic rings. The van der Waals surface area contributed by atoms with Crippen LogP contribution in [0.2, 0.25) is 0 Å². The Balaban J connectivity index is 2.00. The van der Waals surface area contributed by atoms with Crippen molar-refractivity contribution in [2.45, 2.75) is 26.4 Å². The number of piperidine rings is 1. The van der Waals surface area contributed by atoms with E-state index in [1.54, 1.807) is 6.92 Å². The molecule has 7 nitrogen and oxygen atoms in total. The van der Waals surface area contributed by atoms with Crippen LogP contribution in [0, 0.1) is 5.92 Å². The second kappa shape index (κ2) is 8.63. The number of alkyl halides is 2. The van der Waals surface area contributed by atoms with E-state index in [4.69, 9.17) is 4.74 Å². The van der Waals surface area contributed by atoms with Gasteiger partial charge in [-0.15, -0.1) is 0 Å². The molecule has 0 atom stereocenters. The zero-order chi connectivity index (χ0) is 19.3. The molecule has 1 aromatic rings. The van der Waals surface area contributed by atoms with E-state index in [2.05, 4.69) is 10.1 Å². The number of hydrogen-bond acceptors (Lipinski definition) is 5. The van der Waals surface area contributed by atoms with Gasteiger partial charge in [-0.3, -0.25) is 4.79 Å². The summed E-state index contributed by atoms with van der Waals surface area (Å²) < 4.78 is 59.3. The maximum atomic E-state index is 12.5. The second-order valence-electron chi connectivity index (χ2n) is 5.81. The number of rotatable bonds is 7. The Hall–Kier alpha value is -1.94. The van der Waals surface area contributed by atoms with Crippen LogP contribution in [-0.4, -0.2) is 51.2 Å². The Morgan fingerprint density at radius 2 is 1.96 bits per heavy atom. The number of halogens is 2. The van der Waals surface area contributed by atoms with Crippen molar-refractivity contribution in [1.82, 2.24) is 4.31 Å². The summed E-state index contributed by atoms with van der Waals surface area (Å²) in [5.74, 6) is -0.653. The molecule has 0 saturated carbocycles. The largest absolute Gasteiger partial charge is 0.493 e. The zero-order valence-corrected chi connectivity index (χ0v) is 15.4. The first kappa shape index (κ1) is 20.4. The monoisotopic (exact) mass is 392 g/mol. The van der Waals surface area contributed by atoms with Crippen molar-refractivity contribution >= 4 is 21.6 Å². The highest BCUT2D eigenvalue weighted by Gasteiger charge is 2.30. The molecule has 0 bridgehead atoms. The van der Waals surface area contributed by atoms with E-state index in [1.165, 1.54) is 29.6 Å². The summed E-state index contributed by atoms with van der Waals surface area (Å²) in [4.78, 5) is 12.4. The van der Waals surface area contributed by atoms with Gasteiger partial charge < -0.3 is 14.8 Å². The molecular formula is C16H22F2N2O5S. The number of anilines is 1. The van der Waals surface area contributed by atoms with Crippen molar-refractivity contribution in [3.05, 3.63) is 18.2 Å². The van der Waals surface area contributed by atoms with Crippen LogP contribution >= 0.6 is 0 Å². The number of methoxy groups -OCH3 is 1. The van der Waals surface area contributed by atoms with Crippen molar-refractivity contribution in [2.75, 3.05) is 31.3 Å². The molecule has 1 aromatic carbocycles. The Bertz CT molecular complexity index is 734. The van der Waals surface area contributed by atoms with Crippen molar-refractivity contribution in [3.8, 4) is 11.5 Å². The van der Waals surface area contributed by atoms with Crippen LogP contribution in [0.3, 0.4) is 0 Å². The average Bonchev–Trinajstić information content (AvgIpc) is 2.61. The minimum atomic E-state index is -3.25. The molecule has 1 heterocycles. The first-order chi connectivity index (χ1) is 12.3. The van der Waals surface area contributed by atoms with Gasteiger partial charge in [0.15, 0.2) is 11.5 Å². The van der Waals surface area contributed by atoms with Crippen LogP contribution in [0.5, 0.6) is 11.5 Å². The van der Waals surface area contributed by atoms with Gasteiger partial charge in [-0.2, -0.15) is 8.78 Å². The van der Waals surface area contributed by atoms with Crippen LogP contribution in [0.1, 0.15) is 19.8 Å². The first-order valence-corrected chi connectivity index (χ1v) is 9.79. The lowest BCUT2D eigenvalue weighted by atomic mass is 9.97. The van der Waals surface area contributed by atoms with E-state index < -0.39 is 16.6 Å². The zero-order valence-electron chi connectivity index (χ0n) is 14.6. The molecule has 1 fully saturated rings. The lowest BCUT2D eigenvalue weighted by Gasteiger charge is -2.30. The SMILES string of the molecule is CCS(=O)(=O)N1CCC(C(=O)Nc2ccc(OC)c(OC(F)F)c2)CC1. The number of carbonyl (C=O) groups is 1. The van der Waals surface area contributed by atoms with Crippen molar-refractivity contribution in [3.63, 3.8) is 0 Å². The van der Waals surface area contributed by atoms with Crippen molar-refractivity contribution in [1.29, 1.82) is 0 Å². The summed E-state index contributed by atoms with van der Waals surface area (Å²) in [5, 5.41) is 2.66. The predicted molar refractivity (Wildman–Crippen MR) is 92.0 cm³/mol. The predicted octanol–water partition coefficient (Wildman–Crippen LogP) is 2.30. The van der Waals surface area contributed by atoms with Crippen molar-refractivity contribution < 1.29 is 31.5 Å². The molecule has 1 saturated heterocycles. The molecule has 0 aliphatic carbocycles. The fraction of sp³-hybridized carbons (Fsp3) is 0.562. The van der Waals surface area contributed by atoms with E-state index in [1.807, 2.05) is 0 Å². The van der Waals surface area contributed by atoms with Crippen LogP contribution in [0.25, 0.3) is 0 Å². The molecular weight excluding hydrogens is 370 g/mol. The lowest BCUT2D eigenvalue weighted by molar-refractivity contribution is -0.120. The Kier molecular flexibility index (Phi) is 6.76. The number of amides is 1. The lowest BCUT2D eigenvalue weighted by Crippen LogP contribution is -2.42. The fourth-order valence-corrected chi connectivity index (χ4v) is 3.90. The Labute approximate surface area is 151 Å². The molecule has 0 spiro atoms. The van der Waals surface area contributed by atoms with E-state index in [9.17, 15) is 22.0 Å². The van der Waals surface area contributed by atoms with Crippen LogP contribution in [0.15, 0.2) is 18.2 Å². The summed E-state index contributed by atoms with van der Waals surface area (Å²) in [6.45, 7) is -0.857. The van der Waals surface area contributed by atoms with Gasteiger partial charge in [0, 0.05) is 30.8 Å². The maximum Gasteiger partial charge on any atom is 0.387 e. The normalized spacial score (nSPS) is 16.5. The van der Waals surface area contributed by atoms with Crippen LogP contribution < -0.4 is 14.8 Å². The number of benzene rings is 1. The van der Waals surface area contributed by atoms with E-state index in [-0.39, 0.29) is 42.2 Å². The minimum Gasteiger partial charge on any atom is -0.493 e.